The SMILES string of the molecule is CC(O)C1CCCN(CC(=O)NCc2ccc(OC(F)F)cc2)C1. The second-order valence-corrected chi connectivity index (χ2v) is 6.18. The predicted octanol–water partition coefficient (Wildman–Crippen LogP) is 2.00. The number of amides is 1. The number of carbonyl (C=O) groups excluding carboxylic acids is 1. The van der Waals surface area contributed by atoms with E-state index in [4.69, 9.17) is 0 Å². The highest BCUT2D eigenvalue weighted by Crippen LogP contribution is 2.19. The summed E-state index contributed by atoms with van der Waals surface area (Å²) in [6, 6.07) is 6.18. The van der Waals surface area contributed by atoms with Crippen LogP contribution in [0.15, 0.2) is 24.3 Å². The summed E-state index contributed by atoms with van der Waals surface area (Å²) in [6.07, 6.45) is 1.61. The van der Waals surface area contributed by atoms with E-state index in [1.807, 2.05) is 0 Å². The van der Waals surface area contributed by atoms with Crippen LogP contribution in [0.1, 0.15) is 25.3 Å². The molecule has 1 aromatic rings. The van der Waals surface area contributed by atoms with E-state index in [1.165, 1.54) is 12.1 Å². The quantitative estimate of drug-likeness (QED) is 0.796. The van der Waals surface area contributed by atoms with Gasteiger partial charge in [0.2, 0.25) is 5.91 Å². The monoisotopic (exact) mass is 342 g/mol. The second-order valence-electron chi connectivity index (χ2n) is 6.18. The fraction of sp³-hybridized carbons (Fsp3) is 0.588. The minimum atomic E-state index is -2.84. The van der Waals surface area contributed by atoms with Gasteiger partial charge in [0.1, 0.15) is 5.75 Å². The largest absolute Gasteiger partial charge is 0.435 e. The molecule has 24 heavy (non-hydrogen) atoms. The van der Waals surface area contributed by atoms with E-state index in [0.29, 0.717) is 13.1 Å². The third-order valence-corrected chi connectivity index (χ3v) is 4.23. The van der Waals surface area contributed by atoms with E-state index in [0.717, 1.165) is 31.5 Å². The molecule has 0 bridgehead atoms. The molecule has 5 nitrogen and oxygen atoms in total. The van der Waals surface area contributed by atoms with Crippen LogP contribution in [0.3, 0.4) is 0 Å². The smallest absolute Gasteiger partial charge is 0.387 e. The number of hydrogen-bond donors (Lipinski definition) is 2. The Hall–Kier alpha value is -1.73. The van der Waals surface area contributed by atoms with Gasteiger partial charge in [0, 0.05) is 13.1 Å². The molecular weight excluding hydrogens is 318 g/mol. The van der Waals surface area contributed by atoms with Crippen molar-refractivity contribution in [3.05, 3.63) is 29.8 Å². The normalized spacial score (nSPS) is 20.0. The molecule has 2 atom stereocenters. The molecule has 134 valence electrons. The molecule has 1 amide bonds. The lowest BCUT2D eigenvalue weighted by Gasteiger charge is -2.33. The van der Waals surface area contributed by atoms with E-state index >= 15 is 0 Å². The number of ether oxygens (including phenoxy) is 1. The number of nitrogens with zero attached hydrogens (tertiary/aromatic N) is 1. The first-order valence-electron chi connectivity index (χ1n) is 8.15. The molecular formula is C17H24F2N2O3. The molecule has 7 heteroatoms. The highest BCUT2D eigenvalue weighted by molar-refractivity contribution is 5.78. The Balaban J connectivity index is 1.74. The van der Waals surface area contributed by atoms with Gasteiger partial charge in [-0.3, -0.25) is 9.69 Å². The fourth-order valence-corrected chi connectivity index (χ4v) is 2.88. The number of alkyl halides is 2. The maximum Gasteiger partial charge on any atom is 0.387 e. The maximum atomic E-state index is 12.1. The van der Waals surface area contributed by atoms with E-state index < -0.39 is 6.61 Å². The van der Waals surface area contributed by atoms with Gasteiger partial charge in [-0.2, -0.15) is 8.78 Å². The number of rotatable bonds is 7. The summed E-state index contributed by atoms with van der Waals surface area (Å²) in [5, 5.41) is 12.5. The van der Waals surface area contributed by atoms with Crippen molar-refractivity contribution < 1.29 is 23.4 Å². The van der Waals surface area contributed by atoms with Gasteiger partial charge in [0.15, 0.2) is 0 Å². The Labute approximate surface area is 140 Å². The number of hydrogen-bond acceptors (Lipinski definition) is 4. The van der Waals surface area contributed by atoms with Crippen LogP contribution < -0.4 is 10.1 Å². The van der Waals surface area contributed by atoms with Crippen LogP contribution in [0.2, 0.25) is 0 Å². The standard InChI is InChI=1S/C17H24F2N2O3/c1-12(22)14-3-2-8-21(10-14)11-16(23)20-9-13-4-6-15(7-5-13)24-17(18)19/h4-7,12,14,17,22H,2-3,8-11H2,1H3,(H,20,23). The number of piperidine rings is 1. The molecule has 1 aromatic carbocycles. The zero-order chi connectivity index (χ0) is 17.5. The molecule has 0 aliphatic carbocycles. The van der Waals surface area contributed by atoms with Crippen LogP contribution in [0.4, 0.5) is 8.78 Å². The predicted molar refractivity (Wildman–Crippen MR) is 85.8 cm³/mol. The van der Waals surface area contributed by atoms with Gasteiger partial charge in [-0.1, -0.05) is 12.1 Å². The van der Waals surface area contributed by atoms with Crippen molar-refractivity contribution in [3.8, 4) is 5.75 Å². The average Bonchev–Trinajstić information content (AvgIpc) is 2.54. The summed E-state index contributed by atoms with van der Waals surface area (Å²) < 4.78 is 28.4. The van der Waals surface area contributed by atoms with E-state index in [-0.39, 0.29) is 23.7 Å². The third-order valence-electron chi connectivity index (χ3n) is 4.23. The van der Waals surface area contributed by atoms with Gasteiger partial charge in [-0.05, 0) is 49.9 Å². The summed E-state index contributed by atoms with van der Waals surface area (Å²) in [4.78, 5) is 14.1. The Morgan fingerprint density at radius 2 is 2.12 bits per heavy atom. The summed E-state index contributed by atoms with van der Waals surface area (Å²) in [5.41, 5.74) is 0.811. The fourth-order valence-electron chi connectivity index (χ4n) is 2.88. The molecule has 2 N–H and O–H groups in total. The Kier molecular flexibility index (Phi) is 6.93. The molecule has 0 saturated carbocycles. The molecule has 1 saturated heterocycles. The van der Waals surface area contributed by atoms with Crippen molar-refractivity contribution in [2.45, 2.75) is 39.0 Å². The number of aliphatic hydroxyl groups is 1. The first-order chi connectivity index (χ1) is 11.4. The highest BCUT2D eigenvalue weighted by Gasteiger charge is 2.24. The third kappa shape index (κ3) is 6.05. The lowest BCUT2D eigenvalue weighted by Crippen LogP contribution is -2.44. The second kappa shape index (κ2) is 8.94. The van der Waals surface area contributed by atoms with Gasteiger partial charge < -0.3 is 15.2 Å². The van der Waals surface area contributed by atoms with E-state index in [1.54, 1.807) is 19.1 Å². The Morgan fingerprint density at radius 1 is 1.42 bits per heavy atom. The van der Waals surface area contributed by atoms with Crippen molar-refractivity contribution >= 4 is 5.91 Å². The minimum absolute atomic E-state index is 0.0888. The maximum absolute atomic E-state index is 12.1. The number of carbonyl (C=O) groups is 1. The molecule has 1 heterocycles. The van der Waals surface area contributed by atoms with Gasteiger partial charge in [-0.25, -0.2) is 0 Å². The summed E-state index contributed by atoms with van der Waals surface area (Å²) >= 11 is 0. The van der Waals surface area contributed by atoms with Crippen molar-refractivity contribution in [2.75, 3.05) is 19.6 Å². The Morgan fingerprint density at radius 3 is 2.75 bits per heavy atom. The number of aliphatic hydroxyl groups excluding tert-OH is 1. The van der Waals surface area contributed by atoms with E-state index in [2.05, 4.69) is 15.0 Å². The van der Waals surface area contributed by atoms with Crippen LogP contribution in [0.5, 0.6) is 5.75 Å². The number of nitrogens with one attached hydrogen (secondary N) is 1. The topological polar surface area (TPSA) is 61.8 Å². The van der Waals surface area contributed by atoms with Gasteiger partial charge in [0.25, 0.3) is 0 Å². The van der Waals surface area contributed by atoms with Crippen LogP contribution in [-0.4, -0.2) is 48.3 Å². The average molecular weight is 342 g/mol. The Bertz CT molecular complexity index is 523. The van der Waals surface area contributed by atoms with Crippen LogP contribution in [0.25, 0.3) is 0 Å². The molecule has 0 aromatic heterocycles. The lowest BCUT2D eigenvalue weighted by atomic mass is 9.93. The molecule has 2 rings (SSSR count). The van der Waals surface area contributed by atoms with Crippen molar-refractivity contribution in [1.82, 2.24) is 10.2 Å². The van der Waals surface area contributed by atoms with Crippen LogP contribution >= 0.6 is 0 Å². The van der Waals surface area contributed by atoms with Crippen molar-refractivity contribution in [3.63, 3.8) is 0 Å². The summed E-state index contributed by atoms with van der Waals surface area (Å²) in [5.74, 6) is 0.223. The number of benzene rings is 1. The zero-order valence-corrected chi connectivity index (χ0v) is 13.8. The first-order valence-corrected chi connectivity index (χ1v) is 8.15. The van der Waals surface area contributed by atoms with E-state index in [9.17, 15) is 18.7 Å². The highest BCUT2D eigenvalue weighted by atomic mass is 19.3. The van der Waals surface area contributed by atoms with Gasteiger partial charge in [0.05, 0.1) is 12.6 Å². The van der Waals surface area contributed by atoms with Crippen LogP contribution in [-0.2, 0) is 11.3 Å². The summed E-state index contributed by atoms with van der Waals surface area (Å²) in [6.45, 7) is 1.17. The summed E-state index contributed by atoms with van der Waals surface area (Å²) in [7, 11) is 0. The van der Waals surface area contributed by atoms with Crippen LogP contribution in [0, 0.1) is 5.92 Å². The molecule has 1 aliphatic heterocycles. The first kappa shape index (κ1) is 18.6. The number of likely N-dealkylation sites (tertiary alicyclic amines) is 1. The molecule has 0 radical (unpaired) electrons. The van der Waals surface area contributed by atoms with Crippen molar-refractivity contribution in [1.29, 1.82) is 0 Å². The van der Waals surface area contributed by atoms with Gasteiger partial charge in [-0.15, -0.1) is 0 Å². The number of halogens is 2. The van der Waals surface area contributed by atoms with Crippen molar-refractivity contribution in [2.24, 2.45) is 5.92 Å². The molecule has 1 fully saturated rings. The lowest BCUT2D eigenvalue weighted by molar-refractivity contribution is -0.123. The minimum Gasteiger partial charge on any atom is -0.435 e. The molecule has 1 aliphatic rings. The zero-order valence-electron chi connectivity index (χ0n) is 13.8. The van der Waals surface area contributed by atoms with Gasteiger partial charge >= 0.3 is 6.61 Å². The molecule has 2 unspecified atom stereocenters. The molecule has 0 spiro atoms.